The Kier molecular flexibility index (Phi) is 6.96. The molecule has 0 bridgehead atoms. The molecular formula is C10H21N3O2S. The first-order valence-corrected chi connectivity index (χ1v) is 6.61. The number of nitrogens with two attached hydrogens (primary N) is 1. The highest BCUT2D eigenvalue weighted by Gasteiger charge is 2.32. The fourth-order valence-corrected chi connectivity index (χ4v) is 1.53. The summed E-state index contributed by atoms with van der Waals surface area (Å²) in [6, 6.07) is 0. The van der Waals surface area contributed by atoms with Crippen LogP contribution in [-0.2, 0) is 4.79 Å². The summed E-state index contributed by atoms with van der Waals surface area (Å²) in [5.74, 6) is 0.806. The molecule has 0 aliphatic carbocycles. The zero-order valence-electron chi connectivity index (χ0n) is 10.1. The molecular weight excluding hydrogens is 226 g/mol. The average molecular weight is 247 g/mol. The molecule has 0 heterocycles. The molecule has 0 atom stereocenters. The maximum Gasteiger partial charge on any atom is 0.233 e. The summed E-state index contributed by atoms with van der Waals surface area (Å²) >= 11 is 1.79. The highest BCUT2D eigenvalue weighted by Crippen LogP contribution is 2.15. The van der Waals surface area contributed by atoms with Crippen LogP contribution in [0.2, 0.25) is 0 Å². The number of nitrogens with zero attached hydrogens (tertiary/aromatic N) is 1. The Labute approximate surface area is 101 Å². The van der Waals surface area contributed by atoms with Gasteiger partial charge in [-0.1, -0.05) is 5.16 Å². The van der Waals surface area contributed by atoms with Crippen LogP contribution in [0, 0.1) is 5.41 Å². The molecule has 0 rings (SSSR count). The van der Waals surface area contributed by atoms with Crippen LogP contribution in [0.5, 0.6) is 0 Å². The number of rotatable bonds is 7. The molecule has 0 aromatic rings. The molecule has 0 aliphatic heterocycles. The maximum absolute atomic E-state index is 11.7. The summed E-state index contributed by atoms with van der Waals surface area (Å²) in [6.07, 6.45) is 4.07. The summed E-state index contributed by atoms with van der Waals surface area (Å²) in [5, 5.41) is 14.2. The first-order valence-electron chi connectivity index (χ1n) is 5.22. The van der Waals surface area contributed by atoms with Crippen LogP contribution in [0.4, 0.5) is 0 Å². The standard InChI is InChI=1S/C10H21N3O2S/c1-10(2,8(11)13-15)9(14)12-6-4-5-7-16-3/h15H,4-7H2,1-3H3,(H2,11,13)(H,12,14). The van der Waals surface area contributed by atoms with E-state index in [-0.39, 0.29) is 11.7 Å². The second kappa shape index (κ2) is 7.38. The number of thioether (sulfide) groups is 1. The van der Waals surface area contributed by atoms with Crippen molar-refractivity contribution in [3.05, 3.63) is 0 Å². The van der Waals surface area contributed by atoms with Crippen molar-refractivity contribution in [1.82, 2.24) is 5.32 Å². The molecule has 0 aliphatic rings. The van der Waals surface area contributed by atoms with Gasteiger partial charge in [-0.15, -0.1) is 0 Å². The Morgan fingerprint density at radius 3 is 2.62 bits per heavy atom. The molecule has 0 aromatic carbocycles. The van der Waals surface area contributed by atoms with Gasteiger partial charge in [0.25, 0.3) is 0 Å². The molecule has 94 valence electrons. The zero-order valence-corrected chi connectivity index (χ0v) is 10.9. The second-order valence-electron chi connectivity index (χ2n) is 4.07. The fourth-order valence-electron chi connectivity index (χ4n) is 1.04. The van der Waals surface area contributed by atoms with E-state index in [1.807, 2.05) is 0 Å². The van der Waals surface area contributed by atoms with Crippen molar-refractivity contribution in [2.75, 3.05) is 18.6 Å². The van der Waals surface area contributed by atoms with E-state index in [1.165, 1.54) is 0 Å². The van der Waals surface area contributed by atoms with Gasteiger partial charge in [0.2, 0.25) is 5.91 Å². The van der Waals surface area contributed by atoms with E-state index < -0.39 is 5.41 Å². The van der Waals surface area contributed by atoms with Crippen LogP contribution < -0.4 is 11.1 Å². The van der Waals surface area contributed by atoms with Crippen molar-refractivity contribution < 1.29 is 10.0 Å². The van der Waals surface area contributed by atoms with Gasteiger partial charge in [0, 0.05) is 6.54 Å². The lowest BCUT2D eigenvalue weighted by molar-refractivity contribution is -0.126. The summed E-state index contributed by atoms with van der Waals surface area (Å²) < 4.78 is 0. The second-order valence-corrected chi connectivity index (χ2v) is 5.05. The molecule has 6 heteroatoms. The SMILES string of the molecule is CSCCCCNC(=O)C(C)(C)C(N)=NO. The minimum atomic E-state index is -0.964. The van der Waals surface area contributed by atoms with Gasteiger partial charge in [-0.3, -0.25) is 4.79 Å². The van der Waals surface area contributed by atoms with E-state index in [0.29, 0.717) is 6.54 Å². The molecule has 0 saturated heterocycles. The number of oxime groups is 1. The van der Waals surface area contributed by atoms with Crippen molar-refractivity contribution in [3.63, 3.8) is 0 Å². The topological polar surface area (TPSA) is 87.7 Å². The lowest BCUT2D eigenvalue weighted by Gasteiger charge is -2.21. The van der Waals surface area contributed by atoms with Crippen molar-refractivity contribution >= 4 is 23.5 Å². The molecule has 0 aromatic heterocycles. The van der Waals surface area contributed by atoms with Crippen LogP contribution in [0.15, 0.2) is 5.16 Å². The lowest BCUT2D eigenvalue weighted by atomic mass is 9.91. The average Bonchev–Trinajstić information content (AvgIpc) is 2.27. The Hall–Kier alpha value is -0.910. The molecule has 5 nitrogen and oxygen atoms in total. The van der Waals surface area contributed by atoms with Gasteiger partial charge in [0.15, 0.2) is 5.84 Å². The monoisotopic (exact) mass is 247 g/mol. The Bertz CT molecular complexity index is 254. The van der Waals surface area contributed by atoms with Gasteiger partial charge in [-0.2, -0.15) is 11.8 Å². The third-order valence-corrected chi connectivity index (χ3v) is 3.07. The van der Waals surface area contributed by atoms with Gasteiger partial charge in [0.05, 0.1) is 0 Å². The lowest BCUT2D eigenvalue weighted by Crippen LogP contribution is -2.46. The first kappa shape index (κ1) is 15.1. The molecule has 1 amide bonds. The number of carbonyl (C=O) groups is 1. The van der Waals surface area contributed by atoms with Gasteiger partial charge in [0.1, 0.15) is 5.41 Å². The summed E-state index contributed by atoms with van der Waals surface area (Å²) in [4.78, 5) is 11.7. The van der Waals surface area contributed by atoms with E-state index in [0.717, 1.165) is 18.6 Å². The number of carbonyl (C=O) groups excluding carboxylic acids is 1. The Morgan fingerprint density at radius 2 is 2.12 bits per heavy atom. The van der Waals surface area contributed by atoms with Crippen molar-refractivity contribution in [3.8, 4) is 0 Å². The van der Waals surface area contributed by atoms with E-state index in [2.05, 4.69) is 16.7 Å². The number of hydrogen-bond donors (Lipinski definition) is 3. The van der Waals surface area contributed by atoms with Crippen molar-refractivity contribution in [2.24, 2.45) is 16.3 Å². The van der Waals surface area contributed by atoms with Crippen LogP contribution in [0.1, 0.15) is 26.7 Å². The van der Waals surface area contributed by atoms with Crippen LogP contribution in [0.25, 0.3) is 0 Å². The molecule has 0 spiro atoms. The Morgan fingerprint density at radius 1 is 1.50 bits per heavy atom. The van der Waals surface area contributed by atoms with Gasteiger partial charge < -0.3 is 16.3 Å². The van der Waals surface area contributed by atoms with Crippen molar-refractivity contribution in [1.29, 1.82) is 0 Å². The van der Waals surface area contributed by atoms with E-state index in [9.17, 15) is 4.79 Å². The van der Waals surface area contributed by atoms with E-state index in [1.54, 1.807) is 25.6 Å². The zero-order chi connectivity index (χ0) is 12.6. The number of nitrogens with one attached hydrogen (secondary N) is 1. The highest BCUT2D eigenvalue weighted by atomic mass is 32.2. The molecule has 0 radical (unpaired) electrons. The number of hydrogen-bond acceptors (Lipinski definition) is 4. The fraction of sp³-hybridized carbons (Fsp3) is 0.800. The summed E-state index contributed by atoms with van der Waals surface area (Å²) in [6.45, 7) is 3.88. The molecule has 4 N–H and O–H groups in total. The van der Waals surface area contributed by atoms with Crippen LogP contribution in [0.3, 0.4) is 0 Å². The molecule has 16 heavy (non-hydrogen) atoms. The number of unbranched alkanes of at least 4 members (excludes halogenated alkanes) is 1. The molecule has 0 fully saturated rings. The normalized spacial score (nSPS) is 12.6. The predicted octanol–water partition coefficient (Wildman–Crippen LogP) is 1.02. The van der Waals surface area contributed by atoms with Crippen molar-refractivity contribution in [2.45, 2.75) is 26.7 Å². The number of amides is 1. The quantitative estimate of drug-likeness (QED) is 0.206. The maximum atomic E-state index is 11.7. The van der Waals surface area contributed by atoms with Crippen LogP contribution in [-0.4, -0.2) is 35.5 Å². The smallest absolute Gasteiger partial charge is 0.233 e. The van der Waals surface area contributed by atoms with Gasteiger partial charge >= 0.3 is 0 Å². The summed E-state index contributed by atoms with van der Waals surface area (Å²) in [5.41, 5.74) is 4.48. The molecule has 0 saturated carbocycles. The van der Waals surface area contributed by atoms with E-state index >= 15 is 0 Å². The van der Waals surface area contributed by atoms with Gasteiger partial charge in [-0.25, -0.2) is 0 Å². The Balaban J connectivity index is 3.97. The third-order valence-electron chi connectivity index (χ3n) is 2.38. The minimum absolute atomic E-state index is 0.0749. The van der Waals surface area contributed by atoms with Gasteiger partial charge in [-0.05, 0) is 38.7 Å². The largest absolute Gasteiger partial charge is 0.409 e. The predicted molar refractivity (Wildman–Crippen MR) is 67.8 cm³/mol. The summed E-state index contributed by atoms with van der Waals surface area (Å²) in [7, 11) is 0. The van der Waals surface area contributed by atoms with E-state index in [4.69, 9.17) is 10.9 Å². The third kappa shape index (κ3) is 4.74. The molecule has 0 unspecified atom stereocenters. The minimum Gasteiger partial charge on any atom is -0.409 e. The number of amidine groups is 1. The highest BCUT2D eigenvalue weighted by molar-refractivity contribution is 7.98. The first-order chi connectivity index (χ1) is 7.46. The van der Waals surface area contributed by atoms with Crippen LogP contribution >= 0.6 is 11.8 Å².